The van der Waals surface area contributed by atoms with Crippen LogP contribution in [0, 0.1) is 5.92 Å². The van der Waals surface area contributed by atoms with Crippen LogP contribution in [-0.4, -0.2) is 18.1 Å². The summed E-state index contributed by atoms with van der Waals surface area (Å²) in [6.07, 6.45) is 8.50. The van der Waals surface area contributed by atoms with E-state index in [1.54, 1.807) is 0 Å². The number of rotatable bonds is 12. The van der Waals surface area contributed by atoms with E-state index in [4.69, 9.17) is 0 Å². The van der Waals surface area contributed by atoms with Gasteiger partial charge in [0.1, 0.15) is 6.34 Å². The van der Waals surface area contributed by atoms with Gasteiger partial charge in [0, 0.05) is 18.1 Å². The minimum atomic E-state index is -1.92. The molecule has 0 aliphatic heterocycles. The summed E-state index contributed by atoms with van der Waals surface area (Å²) in [4.78, 5) is 0. The molecular weight excluding hydrogens is 259 g/mol. The Morgan fingerprint density at radius 2 is 1.44 bits per heavy atom. The molecule has 0 aromatic rings. The molecule has 0 saturated heterocycles. The first-order valence-electron chi connectivity index (χ1n) is 7.76. The van der Waals surface area contributed by atoms with Crippen LogP contribution in [-0.2, 0) is 4.57 Å². The summed E-state index contributed by atoms with van der Waals surface area (Å²) in [6.45, 7) is 8.93. The number of hydrogen-bond acceptors (Lipinski definition) is 2. The van der Waals surface area contributed by atoms with Gasteiger partial charge < -0.3 is 4.57 Å². The van der Waals surface area contributed by atoms with Crippen LogP contribution in [0.5, 0.6) is 0 Å². The molecule has 0 N–H and O–H groups in total. The average molecular weight is 292 g/mol. The van der Waals surface area contributed by atoms with Crippen LogP contribution >= 0.6 is 17.7 Å². The molecule has 0 aliphatic carbocycles. The summed E-state index contributed by atoms with van der Waals surface area (Å²) in [5.74, 6) is 1.82. The summed E-state index contributed by atoms with van der Waals surface area (Å²) >= 11 is 1.81. The Morgan fingerprint density at radius 3 is 1.83 bits per heavy atom. The van der Waals surface area contributed by atoms with Crippen LogP contribution in [0.4, 0.5) is 0 Å². The van der Waals surface area contributed by atoms with E-state index in [-0.39, 0.29) is 0 Å². The van der Waals surface area contributed by atoms with Gasteiger partial charge >= 0.3 is 0 Å². The highest BCUT2D eigenvalue weighted by Crippen LogP contribution is 2.60. The summed E-state index contributed by atoms with van der Waals surface area (Å²) < 4.78 is 12.9. The van der Waals surface area contributed by atoms with Crippen molar-refractivity contribution in [2.75, 3.05) is 18.1 Å². The third kappa shape index (κ3) is 10.5. The van der Waals surface area contributed by atoms with Crippen LogP contribution in [0.25, 0.3) is 0 Å². The molecule has 0 aromatic heterocycles. The van der Waals surface area contributed by atoms with Crippen molar-refractivity contribution in [2.45, 2.75) is 72.6 Å². The average Bonchev–Trinajstić information content (AvgIpc) is 2.29. The Bertz CT molecular complexity index is 215. The fourth-order valence-corrected chi connectivity index (χ4v) is 7.57. The van der Waals surface area contributed by atoms with E-state index in [9.17, 15) is 4.57 Å². The van der Waals surface area contributed by atoms with Gasteiger partial charge in [-0.1, -0.05) is 64.8 Å². The predicted molar refractivity (Wildman–Crippen MR) is 88.3 cm³/mol. The van der Waals surface area contributed by atoms with Crippen molar-refractivity contribution >= 4 is 17.7 Å². The van der Waals surface area contributed by atoms with E-state index < -0.39 is 6.34 Å². The Balaban J connectivity index is 4.07. The van der Waals surface area contributed by atoms with Gasteiger partial charge in [-0.2, -0.15) is 0 Å². The second-order valence-corrected chi connectivity index (χ2v) is 11.7. The molecule has 18 heavy (non-hydrogen) atoms. The molecule has 0 aliphatic rings. The van der Waals surface area contributed by atoms with Gasteiger partial charge in [-0.05, 0) is 25.2 Å². The van der Waals surface area contributed by atoms with Gasteiger partial charge in [-0.15, -0.1) is 0 Å². The molecule has 0 fully saturated rings. The molecule has 0 spiro atoms. The molecule has 0 unspecified atom stereocenters. The zero-order chi connectivity index (χ0) is 13.9. The van der Waals surface area contributed by atoms with Crippen molar-refractivity contribution in [1.82, 2.24) is 0 Å². The monoisotopic (exact) mass is 292 g/mol. The second-order valence-electron chi connectivity index (χ2n) is 5.69. The Hall–Kier alpha value is 0.580. The number of unbranched alkanes of at least 4 members (excludes halogenated alkanes) is 4. The first-order valence-corrected chi connectivity index (χ1v) is 11.4. The van der Waals surface area contributed by atoms with E-state index in [0.717, 1.165) is 36.8 Å². The molecule has 0 amide bonds. The zero-order valence-electron chi connectivity index (χ0n) is 12.9. The Kier molecular flexibility index (Phi) is 11.8. The number of hydrogen-bond donors (Lipinski definition) is 0. The van der Waals surface area contributed by atoms with Crippen molar-refractivity contribution in [3.8, 4) is 0 Å². The van der Waals surface area contributed by atoms with E-state index in [1.807, 2.05) is 11.4 Å². The lowest BCUT2D eigenvalue weighted by molar-refractivity contribution is 0.578. The minimum absolute atomic E-state index is 0.734. The van der Waals surface area contributed by atoms with Gasteiger partial charge in [0.2, 0.25) is 0 Å². The molecule has 1 nitrogen and oxygen atoms in total. The molecule has 0 aromatic carbocycles. The van der Waals surface area contributed by atoms with E-state index in [2.05, 4.69) is 27.7 Å². The Labute approximate surface area is 119 Å². The van der Waals surface area contributed by atoms with E-state index in [1.165, 1.54) is 32.1 Å². The SMILES string of the molecule is CCCCCP(=O)(CCCCC)SCCC(C)C. The highest BCUT2D eigenvalue weighted by atomic mass is 32.7. The van der Waals surface area contributed by atoms with E-state index in [0.29, 0.717) is 0 Å². The molecule has 3 heteroatoms. The maximum atomic E-state index is 12.9. The molecule has 110 valence electrons. The van der Waals surface area contributed by atoms with Gasteiger partial charge in [-0.3, -0.25) is 0 Å². The van der Waals surface area contributed by atoms with Gasteiger partial charge in [-0.25, -0.2) is 0 Å². The minimum Gasteiger partial charge on any atom is -0.312 e. The molecule has 0 bridgehead atoms. The zero-order valence-corrected chi connectivity index (χ0v) is 14.6. The largest absolute Gasteiger partial charge is 0.312 e. The maximum absolute atomic E-state index is 12.9. The predicted octanol–water partition coefficient (Wildman–Crippen LogP) is 6.42. The smallest absolute Gasteiger partial charge is 0.139 e. The van der Waals surface area contributed by atoms with Crippen molar-refractivity contribution in [1.29, 1.82) is 0 Å². The highest BCUT2D eigenvalue weighted by molar-refractivity contribution is 8.58. The van der Waals surface area contributed by atoms with Crippen molar-refractivity contribution in [2.24, 2.45) is 5.92 Å². The third-order valence-corrected chi connectivity index (χ3v) is 9.17. The van der Waals surface area contributed by atoms with Crippen LogP contribution in [0.15, 0.2) is 0 Å². The lowest BCUT2D eigenvalue weighted by Crippen LogP contribution is -1.96. The summed E-state index contributed by atoms with van der Waals surface area (Å²) in [5, 5.41) is 0. The van der Waals surface area contributed by atoms with Crippen LogP contribution in [0.3, 0.4) is 0 Å². The third-order valence-electron chi connectivity index (χ3n) is 3.23. The van der Waals surface area contributed by atoms with Gasteiger partial charge in [0.15, 0.2) is 0 Å². The van der Waals surface area contributed by atoms with Crippen LogP contribution < -0.4 is 0 Å². The standard InChI is InChI=1S/C15H33OPS/c1-5-7-9-12-17(16,13-10-8-6-2)18-14-11-15(3)4/h15H,5-14H2,1-4H3. The summed E-state index contributed by atoms with van der Waals surface area (Å²) in [7, 11) is 0. The van der Waals surface area contributed by atoms with Crippen molar-refractivity contribution in [3.63, 3.8) is 0 Å². The van der Waals surface area contributed by atoms with Gasteiger partial charge in [0.25, 0.3) is 0 Å². The van der Waals surface area contributed by atoms with Crippen LogP contribution in [0.1, 0.15) is 72.6 Å². The second kappa shape index (κ2) is 11.4. The Morgan fingerprint density at radius 1 is 0.944 bits per heavy atom. The van der Waals surface area contributed by atoms with Crippen molar-refractivity contribution < 1.29 is 4.57 Å². The fraction of sp³-hybridized carbons (Fsp3) is 1.00. The van der Waals surface area contributed by atoms with Crippen LogP contribution in [0.2, 0.25) is 0 Å². The highest BCUT2D eigenvalue weighted by Gasteiger charge is 2.21. The lowest BCUT2D eigenvalue weighted by Gasteiger charge is -2.18. The molecular formula is C15H33OPS. The molecule has 0 atom stereocenters. The summed E-state index contributed by atoms with van der Waals surface area (Å²) in [6, 6.07) is 0. The van der Waals surface area contributed by atoms with Gasteiger partial charge in [0.05, 0.1) is 0 Å². The maximum Gasteiger partial charge on any atom is 0.139 e. The van der Waals surface area contributed by atoms with E-state index >= 15 is 0 Å². The molecule has 0 rings (SSSR count). The van der Waals surface area contributed by atoms with Crippen molar-refractivity contribution in [3.05, 3.63) is 0 Å². The molecule has 0 saturated carbocycles. The normalized spacial score (nSPS) is 12.3. The first kappa shape index (κ1) is 18.6. The first-order chi connectivity index (χ1) is 8.54. The summed E-state index contributed by atoms with van der Waals surface area (Å²) in [5.41, 5.74) is 0. The molecule has 0 radical (unpaired) electrons. The topological polar surface area (TPSA) is 17.1 Å². The molecule has 0 heterocycles. The lowest BCUT2D eigenvalue weighted by atomic mass is 10.2. The quantitative estimate of drug-likeness (QED) is 0.305. The fourth-order valence-electron chi connectivity index (χ4n) is 1.90.